The standard InChI is InChI=1S/C25H25ClN2O2/c26-20-8-6-19(7-9-20)25(11-3-12-25)24(30)28-15-18(23(29)16-28)14-17-10-13-27-22-5-2-1-4-21(17)22/h1-2,4-10,13,18,23,29H,3,11-12,14-16H2/t18-,23+/m1/s1. The second-order valence-corrected chi connectivity index (χ2v) is 9.11. The maximum absolute atomic E-state index is 13.6. The van der Waals surface area contributed by atoms with Crippen LogP contribution in [0.4, 0.5) is 0 Å². The Morgan fingerprint density at radius 2 is 1.87 bits per heavy atom. The van der Waals surface area contributed by atoms with E-state index in [1.54, 1.807) is 0 Å². The molecule has 1 aromatic heterocycles. The van der Waals surface area contributed by atoms with Gasteiger partial charge in [0.15, 0.2) is 0 Å². The fourth-order valence-electron chi connectivity index (χ4n) is 5.06. The van der Waals surface area contributed by atoms with E-state index in [1.807, 2.05) is 59.6 Å². The average molecular weight is 421 g/mol. The molecule has 154 valence electrons. The average Bonchev–Trinajstić information content (AvgIpc) is 3.09. The molecule has 5 rings (SSSR count). The Labute approximate surface area is 181 Å². The molecule has 2 heterocycles. The molecule has 2 atom stereocenters. The molecule has 0 radical (unpaired) electrons. The lowest BCUT2D eigenvalue weighted by atomic mass is 9.63. The van der Waals surface area contributed by atoms with E-state index in [9.17, 15) is 9.90 Å². The summed E-state index contributed by atoms with van der Waals surface area (Å²) >= 11 is 6.05. The van der Waals surface area contributed by atoms with Crippen molar-refractivity contribution in [3.05, 3.63) is 76.9 Å². The lowest BCUT2D eigenvalue weighted by molar-refractivity contribution is -0.140. The van der Waals surface area contributed by atoms with Crippen LogP contribution in [0.15, 0.2) is 60.8 Å². The van der Waals surface area contributed by atoms with Gasteiger partial charge in [0.2, 0.25) is 5.91 Å². The van der Waals surface area contributed by atoms with E-state index in [-0.39, 0.29) is 11.8 Å². The number of nitrogens with zero attached hydrogens (tertiary/aromatic N) is 2. The van der Waals surface area contributed by atoms with Crippen molar-refractivity contribution in [1.82, 2.24) is 9.88 Å². The zero-order valence-electron chi connectivity index (χ0n) is 16.8. The van der Waals surface area contributed by atoms with Gasteiger partial charge >= 0.3 is 0 Å². The number of hydrogen-bond donors (Lipinski definition) is 1. The van der Waals surface area contributed by atoms with Crippen LogP contribution in [0.5, 0.6) is 0 Å². The van der Waals surface area contributed by atoms with E-state index in [1.165, 1.54) is 5.56 Å². The summed E-state index contributed by atoms with van der Waals surface area (Å²) < 4.78 is 0. The van der Waals surface area contributed by atoms with Gasteiger partial charge in [-0.2, -0.15) is 0 Å². The predicted octanol–water partition coefficient (Wildman–Crippen LogP) is 4.37. The van der Waals surface area contributed by atoms with Gasteiger partial charge in [0.1, 0.15) is 0 Å². The Hall–Kier alpha value is -2.43. The molecule has 0 unspecified atom stereocenters. The van der Waals surface area contributed by atoms with Gasteiger partial charge in [-0.15, -0.1) is 0 Å². The molecule has 1 amide bonds. The van der Waals surface area contributed by atoms with Crippen molar-refractivity contribution in [3.63, 3.8) is 0 Å². The fourth-order valence-corrected chi connectivity index (χ4v) is 5.19. The zero-order valence-corrected chi connectivity index (χ0v) is 17.6. The third kappa shape index (κ3) is 3.28. The van der Waals surface area contributed by atoms with E-state index in [0.29, 0.717) is 18.1 Å². The Morgan fingerprint density at radius 1 is 1.10 bits per heavy atom. The zero-order chi connectivity index (χ0) is 20.7. The molecule has 2 fully saturated rings. The van der Waals surface area contributed by atoms with Crippen LogP contribution in [0.3, 0.4) is 0 Å². The molecule has 1 saturated carbocycles. The van der Waals surface area contributed by atoms with Crippen molar-refractivity contribution in [3.8, 4) is 0 Å². The number of amides is 1. The number of hydrogen-bond acceptors (Lipinski definition) is 3. The van der Waals surface area contributed by atoms with Crippen molar-refractivity contribution < 1.29 is 9.90 Å². The minimum absolute atomic E-state index is 0.0297. The highest BCUT2D eigenvalue weighted by Crippen LogP contribution is 2.46. The van der Waals surface area contributed by atoms with E-state index in [2.05, 4.69) is 11.1 Å². The van der Waals surface area contributed by atoms with E-state index >= 15 is 0 Å². The molecule has 2 aliphatic rings. The monoisotopic (exact) mass is 420 g/mol. The minimum atomic E-state index is -0.511. The van der Waals surface area contributed by atoms with E-state index in [0.717, 1.165) is 42.1 Å². The molecule has 30 heavy (non-hydrogen) atoms. The van der Waals surface area contributed by atoms with Crippen LogP contribution in [0.1, 0.15) is 30.4 Å². The van der Waals surface area contributed by atoms with Crippen LogP contribution in [0.25, 0.3) is 10.9 Å². The second-order valence-electron chi connectivity index (χ2n) is 8.67. The molecule has 3 aromatic rings. The summed E-state index contributed by atoms with van der Waals surface area (Å²) in [5, 5.41) is 12.6. The third-order valence-corrected chi connectivity index (χ3v) is 7.18. The summed E-state index contributed by atoms with van der Waals surface area (Å²) in [6.45, 7) is 0.994. The SMILES string of the molecule is O=C(N1C[C@@H](Cc2ccnc3ccccc23)[C@@H](O)C1)C1(c2ccc(Cl)cc2)CCC1. The molecule has 5 heteroatoms. The van der Waals surface area contributed by atoms with Gasteiger partial charge < -0.3 is 10.0 Å². The van der Waals surface area contributed by atoms with Gasteiger partial charge in [-0.3, -0.25) is 9.78 Å². The second kappa shape index (κ2) is 7.68. The van der Waals surface area contributed by atoms with Gasteiger partial charge in [-0.1, -0.05) is 48.4 Å². The van der Waals surface area contributed by atoms with Gasteiger partial charge in [0.25, 0.3) is 0 Å². The first-order chi connectivity index (χ1) is 14.6. The first-order valence-electron chi connectivity index (χ1n) is 10.6. The van der Waals surface area contributed by atoms with E-state index in [4.69, 9.17) is 11.6 Å². The number of carbonyl (C=O) groups is 1. The molecule has 0 spiro atoms. The number of para-hydroxylation sites is 1. The van der Waals surface area contributed by atoms with Crippen LogP contribution in [-0.4, -0.2) is 40.1 Å². The van der Waals surface area contributed by atoms with Crippen LogP contribution in [0, 0.1) is 5.92 Å². The molecular formula is C25H25ClN2O2. The van der Waals surface area contributed by atoms with Crippen LogP contribution in [0.2, 0.25) is 5.02 Å². The maximum atomic E-state index is 13.6. The maximum Gasteiger partial charge on any atom is 0.233 e. The molecule has 1 saturated heterocycles. The van der Waals surface area contributed by atoms with Crippen LogP contribution < -0.4 is 0 Å². The normalized spacial score (nSPS) is 22.8. The number of aromatic nitrogens is 1. The number of carbonyl (C=O) groups excluding carboxylic acids is 1. The number of halogens is 1. The molecule has 0 bridgehead atoms. The largest absolute Gasteiger partial charge is 0.391 e. The smallest absolute Gasteiger partial charge is 0.233 e. The molecule has 1 aliphatic heterocycles. The number of rotatable bonds is 4. The first-order valence-corrected chi connectivity index (χ1v) is 11.0. The molecular weight excluding hydrogens is 396 g/mol. The number of pyridine rings is 1. The predicted molar refractivity (Wildman–Crippen MR) is 119 cm³/mol. The van der Waals surface area contributed by atoms with Crippen molar-refractivity contribution in [2.75, 3.05) is 13.1 Å². The number of aliphatic hydroxyl groups is 1. The number of fused-ring (bicyclic) bond motifs is 1. The minimum Gasteiger partial charge on any atom is -0.391 e. The lowest BCUT2D eigenvalue weighted by Crippen LogP contribution is -2.50. The van der Waals surface area contributed by atoms with Crippen molar-refractivity contribution in [2.24, 2.45) is 5.92 Å². The molecule has 2 aromatic carbocycles. The van der Waals surface area contributed by atoms with Crippen molar-refractivity contribution in [2.45, 2.75) is 37.2 Å². The number of benzene rings is 2. The van der Waals surface area contributed by atoms with Gasteiger partial charge in [-0.25, -0.2) is 0 Å². The number of β-amino-alcohol motifs (C(OH)–C–C–N with tert-alkyl or cyclic N) is 1. The highest BCUT2D eigenvalue weighted by atomic mass is 35.5. The number of aliphatic hydroxyl groups excluding tert-OH is 1. The topological polar surface area (TPSA) is 53.4 Å². The lowest BCUT2D eigenvalue weighted by Gasteiger charge is -2.43. The summed E-state index contributed by atoms with van der Waals surface area (Å²) in [4.78, 5) is 19.9. The Bertz CT molecular complexity index is 1070. The van der Waals surface area contributed by atoms with Gasteiger partial charge in [-0.05, 0) is 54.7 Å². The Balaban J connectivity index is 1.36. The third-order valence-electron chi connectivity index (χ3n) is 6.93. The highest BCUT2D eigenvalue weighted by Gasteiger charge is 2.49. The van der Waals surface area contributed by atoms with Gasteiger partial charge in [0, 0.05) is 35.6 Å². The van der Waals surface area contributed by atoms with E-state index < -0.39 is 11.5 Å². The summed E-state index contributed by atoms with van der Waals surface area (Å²) in [5.74, 6) is 0.180. The molecule has 1 aliphatic carbocycles. The Morgan fingerprint density at radius 3 is 2.60 bits per heavy atom. The quantitative estimate of drug-likeness (QED) is 0.681. The first kappa shape index (κ1) is 19.5. The van der Waals surface area contributed by atoms with Crippen molar-refractivity contribution >= 4 is 28.4 Å². The Kier molecular flexibility index (Phi) is 5.00. The summed E-state index contributed by atoms with van der Waals surface area (Å²) in [6, 6.07) is 17.8. The fraction of sp³-hybridized carbons (Fsp3) is 0.360. The number of likely N-dealkylation sites (tertiary alicyclic amines) is 1. The van der Waals surface area contributed by atoms with Gasteiger partial charge in [0.05, 0.1) is 17.0 Å². The summed E-state index contributed by atoms with van der Waals surface area (Å²) in [5.41, 5.74) is 2.73. The van der Waals surface area contributed by atoms with Crippen LogP contribution in [-0.2, 0) is 16.6 Å². The van der Waals surface area contributed by atoms with Crippen molar-refractivity contribution in [1.29, 1.82) is 0 Å². The highest BCUT2D eigenvalue weighted by molar-refractivity contribution is 6.30. The molecule has 1 N–H and O–H groups in total. The summed E-state index contributed by atoms with van der Waals surface area (Å²) in [7, 11) is 0. The molecule has 4 nitrogen and oxygen atoms in total. The van der Waals surface area contributed by atoms with Crippen LogP contribution >= 0.6 is 11.6 Å². The summed E-state index contributed by atoms with van der Waals surface area (Å²) in [6.07, 6.45) is 4.83.